The van der Waals surface area contributed by atoms with Crippen LogP contribution in [-0.2, 0) is 14.3 Å². The topological polar surface area (TPSA) is 130 Å². The van der Waals surface area contributed by atoms with Gasteiger partial charge in [0.2, 0.25) is 0 Å². The number of esters is 2. The number of thiazole rings is 1. The van der Waals surface area contributed by atoms with E-state index < -0.39 is 28.5 Å². The third-order valence-electron chi connectivity index (χ3n) is 5.30. The summed E-state index contributed by atoms with van der Waals surface area (Å²) < 4.78 is 11.6. The molecule has 1 aromatic heterocycles. The minimum atomic E-state index is -0.863. The van der Waals surface area contributed by atoms with Gasteiger partial charge in [0.25, 0.3) is 11.2 Å². The number of allylic oxidation sites excluding steroid dienone is 1. The molecule has 2 heterocycles. The van der Waals surface area contributed by atoms with E-state index in [-0.39, 0.29) is 21.4 Å². The van der Waals surface area contributed by atoms with E-state index in [0.29, 0.717) is 21.8 Å². The molecule has 3 aromatic rings. The number of rotatable bonds is 5. The van der Waals surface area contributed by atoms with Crippen molar-refractivity contribution in [1.82, 2.24) is 4.57 Å². The summed E-state index contributed by atoms with van der Waals surface area (Å²) in [5.41, 5.74) is 0.793. The van der Waals surface area contributed by atoms with Crippen LogP contribution in [0, 0.1) is 10.1 Å². The normalized spacial score (nSPS) is 15.3. The van der Waals surface area contributed by atoms with Gasteiger partial charge < -0.3 is 9.47 Å². The Kier molecular flexibility index (Phi) is 6.43. The lowest BCUT2D eigenvalue weighted by Crippen LogP contribution is -2.39. The van der Waals surface area contributed by atoms with E-state index in [4.69, 9.17) is 9.47 Å². The van der Waals surface area contributed by atoms with Gasteiger partial charge in [-0.15, -0.1) is 0 Å². The van der Waals surface area contributed by atoms with Crippen LogP contribution in [-0.4, -0.2) is 28.5 Å². The molecule has 1 aliphatic heterocycles. The van der Waals surface area contributed by atoms with Crippen molar-refractivity contribution in [3.8, 4) is 5.75 Å². The number of para-hydroxylation sites is 1. The van der Waals surface area contributed by atoms with Crippen LogP contribution in [0.3, 0.4) is 0 Å². The van der Waals surface area contributed by atoms with Crippen molar-refractivity contribution in [2.24, 2.45) is 4.99 Å². The van der Waals surface area contributed by atoms with Gasteiger partial charge in [-0.1, -0.05) is 35.6 Å². The van der Waals surface area contributed by atoms with Crippen LogP contribution in [0.4, 0.5) is 5.69 Å². The minimum Gasteiger partial charge on any atom is -0.466 e. The number of fused-ring (bicyclic) bond motifs is 1. The molecular weight excluding hydrogens is 474 g/mol. The number of nitrogens with zero attached hydrogens (tertiary/aromatic N) is 3. The lowest BCUT2D eigenvalue weighted by molar-refractivity contribution is -0.385. The maximum atomic E-state index is 13.5. The van der Waals surface area contributed by atoms with Crippen molar-refractivity contribution < 1.29 is 24.0 Å². The molecule has 0 spiro atoms. The second-order valence-electron chi connectivity index (χ2n) is 7.55. The molecule has 1 atom stereocenters. The molecule has 0 amide bonds. The first kappa shape index (κ1) is 23.8. The van der Waals surface area contributed by atoms with Crippen LogP contribution in [0.25, 0.3) is 6.08 Å². The Balaban J connectivity index is 1.93. The number of carbonyl (C=O) groups excluding carboxylic acids is 2. The number of ether oxygens (including phenoxy) is 2. The van der Waals surface area contributed by atoms with Crippen LogP contribution in [0.2, 0.25) is 0 Å². The molecular formula is C24H19N3O7S. The summed E-state index contributed by atoms with van der Waals surface area (Å²) >= 11 is 1.06. The molecule has 0 unspecified atom stereocenters. The Bertz CT molecular complexity index is 1570. The number of aromatic nitrogens is 1. The molecule has 0 fully saturated rings. The van der Waals surface area contributed by atoms with E-state index in [1.54, 1.807) is 49.4 Å². The Labute approximate surface area is 202 Å². The number of nitro groups is 1. The zero-order valence-corrected chi connectivity index (χ0v) is 19.7. The summed E-state index contributed by atoms with van der Waals surface area (Å²) in [4.78, 5) is 53.2. The highest BCUT2D eigenvalue weighted by Crippen LogP contribution is 2.31. The summed E-state index contributed by atoms with van der Waals surface area (Å²) in [6.45, 7) is 2.93. The van der Waals surface area contributed by atoms with E-state index in [9.17, 15) is 24.5 Å². The summed E-state index contributed by atoms with van der Waals surface area (Å²) in [7, 11) is 1.24. The van der Waals surface area contributed by atoms with Gasteiger partial charge in [-0.05, 0) is 36.8 Å². The van der Waals surface area contributed by atoms with Gasteiger partial charge >= 0.3 is 11.9 Å². The lowest BCUT2D eigenvalue weighted by atomic mass is 9.96. The van der Waals surface area contributed by atoms with Gasteiger partial charge in [0.05, 0.1) is 39.4 Å². The fourth-order valence-corrected chi connectivity index (χ4v) is 4.85. The summed E-state index contributed by atoms with van der Waals surface area (Å²) in [6.07, 6.45) is 1.44. The number of hydrogen-bond acceptors (Lipinski definition) is 9. The fraction of sp³-hybridized carbons (Fsp3) is 0.167. The Morgan fingerprint density at radius 2 is 1.86 bits per heavy atom. The number of benzene rings is 2. The fourth-order valence-electron chi connectivity index (χ4n) is 3.81. The number of methoxy groups -OCH3 is 1. The quantitative estimate of drug-likeness (QED) is 0.231. The maximum Gasteiger partial charge on any atom is 0.338 e. The van der Waals surface area contributed by atoms with E-state index in [1.807, 2.05) is 0 Å². The Hall–Kier alpha value is -4.38. The van der Waals surface area contributed by atoms with Crippen molar-refractivity contribution in [1.29, 1.82) is 0 Å². The summed E-state index contributed by atoms with van der Waals surface area (Å²) in [6, 6.07) is 11.6. The number of carbonyl (C=O) groups is 2. The van der Waals surface area contributed by atoms with E-state index >= 15 is 0 Å². The number of hydrogen-bond donors (Lipinski definition) is 0. The van der Waals surface area contributed by atoms with E-state index in [2.05, 4.69) is 4.99 Å². The predicted molar refractivity (Wildman–Crippen MR) is 127 cm³/mol. The first-order valence-corrected chi connectivity index (χ1v) is 11.2. The minimum absolute atomic E-state index is 0.137. The molecule has 0 radical (unpaired) electrons. The molecule has 4 rings (SSSR count). The monoisotopic (exact) mass is 493 g/mol. The summed E-state index contributed by atoms with van der Waals surface area (Å²) in [5, 5.41) is 11.4. The second kappa shape index (κ2) is 9.47. The van der Waals surface area contributed by atoms with Gasteiger partial charge in [-0.3, -0.25) is 24.3 Å². The van der Waals surface area contributed by atoms with Gasteiger partial charge in [-0.25, -0.2) is 9.79 Å². The zero-order chi connectivity index (χ0) is 25.3. The third kappa shape index (κ3) is 4.53. The van der Waals surface area contributed by atoms with Crippen LogP contribution < -0.4 is 19.6 Å². The average molecular weight is 493 g/mol. The van der Waals surface area contributed by atoms with Crippen molar-refractivity contribution in [3.05, 3.63) is 101 Å². The molecule has 35 heavy (non-hydrogen) atoms. The molecule has 1 aliphatic rings. The van der Waals surface area contributed by atoms with Crippen LogP contribution in [0.5, 0.6) is 5.75 Å². The molecule has 10 nitrogen and oxygen atoms in total. The van der Waals surface area contributed by atoms with Crippen LogP contribution in [0.15, 0.2) is 69.6 Å². The Morgan fingerprint density at radius 1 is 1.17 bits per heavy atom. The molecule has 2 aromatic carbocycles. The second-order valence-corrected chi connectivity index (χ2v) is 8.56. The van der Waals surface area contributed by atoms with Gasteiger partial charge in [0.15, 0.2) is 4.80 Å². The standard InChI is InChI=1S/C24H19N3O7S/c1-13-20(23(30)33-3)21(15-8-10-17(11-9-15)34-14(2)28)26-22(29)19(35-24(26)25-13)12-16-6-4-5-7-18(16)27(31)32/h4-12,21H,1-3H3/b19-12+/t21-/m0/s1. The summed E-state index contributed by atoms with van der Waals surface area (Å²) in [5.74, 6) is -0.814. The Morgan fingerprint density at radius 3 is 2.49 bits per heavy atom. The van der Waals surface area contributed by atoms with E-state index in [0.717, 1.165) is 11.3 Å². The first-order chi connectivity index (χ1) is 16.7. The van der Waals surface area contributed by atoms with Crippen molar-refractivity contribution in [2.75, 3.05) is 7.11 Å². The molecule has 0 N–H and O–H groups in total. The molecule has 11 heteroatoms. The highest BCUT2D eigenvalue weighted by Gasteiger charge is 2.33. The van der Waals surface area contributed by atoms with E-state index in [1.165, 1.54) is 30.7 Å². The molecule has 0 saturated carbocycles. The highest BCUT2D eigenvalue weighted by molar-refractivity contribution is 7.07. The van der Waals surface area contributed by atoms with Crippen LogP contribution >= 0.6 is 11.3 Å². The van der Waals surface area contributed by atoms with Crippen molar-refractivity contribution in [3.63, 3.8) is 0 Å². The van der Waals surface area contributed by atoms with Crippen LogP contribution in [0.1, 0.15) is 31.0 Å². The van der Waals surface area contributed by atoms with Gasteiger partial charge in [-0.2, -0.15) is 0 Å². The third-order valence-corrected chi connectivity index (χ3v) is 6.29. The van der Waals surface area contributed by atoms with Crippen molar-refractivity contribution >= 4 is 35.0 Å². The molecule has 0 bridgehead atoms. The maximum absolute atomic E-state index is 13.5. The predicted octanol–water partition coefficient (Wildman–Crippen LogP) is 2.24. The smallest absolute Gasteiger partial charge is 0.338 e. The zero-order valence-electron chi connectivity index (χ0n) is 18.9. The van der Waals surface area contributed by atoms with Gasteiger partial charge in [0.1, 0.15) is 5.75 Å². The largest absolute Gasteiger partial charge is 0.466 e. The van der Waals surface area contributed by atoms with Crippen molar-refractivity contribution in [2.45, 2.75) is 19.9 Å². The molecule has 0 saturated heterocycles. The molecule has 0 aliphatic carbocycles. The SMILES string of the molecule is COC(=O)C1=C(C)N=c2s/c(=C/c3ccccc3[N+](=O)[O-])c(=O)n2[C@H]1c1ccc(OC(C)=O)cc1. The average Bonchev–Trinajstić information content (AvgIpc) is 3.12. The van der Waals surface area contributed by atoms with Gasteiger partial charge in [0, 0.05) is 13.0 Å². The highest BCUT2D eigenvalue weighted by atomic mass is 32.1. The number of nitro benzene ring substituents is 1. The lowest BCUT2D eigenvalue weighted by Gasteiger charge is -2.24. The first-order valence-electron chi connectivity index (χ1n) is 10.3. The molecule has 178 valence electrons.